The smallest absolute Gasteiger partial charge is 0.316 e. The van der Waals surface area contributed by atoms with E-state index in [0.717, 1.165) is 15.5 Å². The number of nitrogens with zero attached hydrogens (tertiary/aromatic N) is 3. The zero-order valence-electron chi connectivity index (χ0n) is 13.3. The average molecular weight is 298 g/mol. The minimum atomic E-state index is -0.789. The Morgan fingerprint density at radius 2 is 1.55 bits per heavy atom. The van der Waals surface area contributed by atoms with Crippen molar-refractivity contribution < 1.29 is 9.95 Å². The molecule has 2 aromatic rings. The van der Waals surface area contributed by atoms with E-state index in [2.05, 4.69) is 0 Å². The third-order valence-corrected chi connectivity index (χ3v) is 4.93. The van der Waals surface area contributed by atoms with Crippen molar-refractivity contribution in [2.45, 2.75) is 38.8 Å². The monoisotopic (exact) mass is 298 g/mol. The summed E-state index contributed by atoms with van der Waals surface area (Å²) in [7, 11) is 0. The van der Waals surface area contributed by atoms with E-state index in [-0.39, 0.29) is 5.84 Å². The van der Waals surface area contributed by atoms with Gasteiger partial charge in [0.1, 0.15) is 5.54 Å². The molecule has 0 saturated heterocycles. The molecule has 2 heterocycles. The van der Waals surface area contributed by atoms with Crippen molar-refractivity contribution in [3.63, 3.8) is 0 Å². The van der Waals surface area contributed by atoms with E-state index < -0.39 is 11.1 Å². The first-order valence-corrected chi connectivity index (χ1v) is 7.32. The first kappa shape index (κ1) is 14.7. The van der Waals surface area contributed by atoms with Gasteiger partial charge in [0, 0.05) is 23.3 Å². The largest absolute Gasteiger partial charge is 0.714 e. The van der Waals surface area contributed by atoms with Crippen LogP contribution in [0.1, 0.15) is 33.3 Å². The number of benzene rings is 1. The Morgan fingerprint density at radius 1 is 1.00 bits per heavy atom. The van der Waals surface area contributed by atoms with Crippen LogP contribution in [-0.2, 0) is 5.21 Å². The summed E-state index contributed by atoms with van der Waals surface area (Å²) in [5.41, 5.74) is 0.0483. The Labute approximate surface area is 130 Å². The fourth-order valence-electron chi connectivity index (χ4n) is 2.63. The topological polar surface area (TPSA) is 54.1 Å². The predicted octanol–water partition coefficient (Wildman–Crippen LogP) is 2.95. The number of rotatable bonds is 2. The minimum Gasteiger partial charge on any atom is -0.714 e. The number of hydrogen-bond donors (Lipinski definition) is 0. The molecule has 0 amide bonds. The number of hydrogen-bond acceptors (Lipinski definition) is 2. The van der Waals surface area contributed by atoms with Gasteiger partial charge in [0.25, 0.3) is 0 Å². The molecular weight excluding hydrogens is 278 g/mol. The van der Waals surface area contributed by atoms with Crippen LogP contribution < -0.4 is 0 Å². The highest BCUT2D eigenvalue weighted by molar-refractivity contribution is 5.96. The van der Waals surface area contributed by atoms with Gasteiger partial charge in [-0.2, -0.15) is 0 Å². The molecule has 1 aromatic carbocycles. The molecule has 1 radical (unpaired) electrons. The number of hydroxylamine groups is 3. The fourth-order valence-corrected chi connectivity index (χ4v) is 2.63. The molecule has 5 heteroatoms. The molecule has 115 valence electrons. The summed E-state index contributed by atoms with van der Waals surface area (Å²) in [4.78, 5) is 0. The van der Waals surface area contributed by atoms with Gasteiger partial charge in [0.05, 0.1) is 5.56 Å². The van der Waals surface area contributed by atoms with Gasteiger partial charge in [0.2, 0.25) is 0 Å². The summed E-state index contributed by atoms with van der Waals surface area (Å²) in [5, 5.41) is 26.0. The second kappa shape index (κ2) is 4.61. The Balaban J connectivity index is 2.03. The van der Waals surface area contributed by atoms with Crippen LogP contribution in [0.15, 0.2) is 48.8 Å². The molecule has 1 aliphatic rings. The van der Waals surface area contributed by atoms with Gasteiger partial charge in [-0.3, -0.25) is 4.74 Å². The molecule has 1 aliphatic heterocycles. The van der Waals surface area contributed by atoms with Gasteiger partial charge in [0.15, 0.2) is 5.54 Å². The normalized spacial score (nSPS) is 19.8. The number of aromatic nitrogens is 1. The maximum absolute atomic E-state index is 12.6. The van der Waals surface area contributed by atoms with Gasteiger partial charge < -0.3 is 9.77 Å². The van der Waals surface area contributed by atoms with Crippen LogP contribution in [0.3, 0.4) is 0 Å². The Kier molecular flexibility index (Phi) is 3.07. The molecule has 0 saturated carbocycles. The molecule has 0 N–H and O–H groups in total. The second-order valence-electron chi connectivity index (χ2n) is 6.67. The highest BCUT2D eigenvalue weighted by atomic mass is 16.5. The van der Waals surface area contributed by atoms with Crippen LogP contribution in [0, 0.1) is 5.21 Å². The van der Waals surface area contributed by atoms with Crippen molar-refractivity contribution in [3.05, 3.63) is 59.6 Å². The molecule has 0 atom stereocenters. The highest BCUT2D eigenvalue weighted by Crippen LogP contribution is 2.37. The van der Waals surface area contributed by atoms with Crippen LogP contribution in [-0.4, -0.2) is 31.3 Å². The van der Waals surface area contributed by atoms with Crippen molar-refractivity contribution in [3.8, 4) is 5.69 Å². The van der Waals surface area contributed by atoms with E-state index in [9.17, 15) is 10.4 Å². The molecule has 0 bridgehead atoms. The zero-order chi connectivity index (χ0) is 16.1. The van der Waals surface area contributed by atoms with Crippen LogP contribution in [0.4, 0.5) is 0 Å². The van der Waals surface area contributed by atoms with Crippen molar-refractivity contribution in [2.24, 2.45) is 0 Å². The quantitative estimate of drug-likeness (QED) is 0.632. The van der Waals surface area contributed by atoms with Crippen molar-refractivity contribution in [1.29, 1.82) is 0 Å². The van der Waals surface area contributed by atoms with Gasteiger partial charge >= 0.3 is 5.84 Å². The maximum atomic E-state index is 12.6. The Morgan fingerprint density at radius 3 is 2.00 bits per heavy atom. The van der Waals surface area contributed by atoms with Crippen LogP contribution in [0.5, 0.6) is 0 Å². The Bertz CT molecular complexity index is 713. The molecule has 22 heavy (non-hydrogen) atoms. The summed E-state index contributed by atoms with van der Waals surface area (Å²) < 4.78 is 2.81. The summed E-state index contributed by atoms with van der Waals surface area (Å²) >= 11 is 0. The van der Waals surface area contributed by atoms with Crippen molar-refractivity contribution >= 4 is 5.84 Å². The van der Waals surface area contributed by atoms with E-state index in [4.69, 9.17) is 0 Å². The lowest BCUT2D eigenvalue weighted by atomic mass is 9.84. The summed E-state index contributed by atoms with van der Waals surface area (Å²) in [6.07, 6.45) is 3.90. The Hall–Kier alpha value is -2.27. The molecule has 0 unspecified atom stereocenters. The molecule has 0 fully saturated rings. The molecule has 5 nitrogen and oxygen atoms in total. The second-order valence-corrected chi connectivity index (χ2v) is 6.67. The zero-order valence-corrected chi connectivity index (χ0v) is 13.3. The lowest BCUT2D eigenvalue weighted by molar-refractivity contribution is -0.539. The van der Waals surface area contributed by atoms with Gasteiger partial charge in [-0.1, -0.05) is 5.06 Å². The number of amidine groups is 1. The summed E-state index contributed by atoms with van der Waals surface area (Å²) in [6.45, 7) is 7.19. The molecule has 0 spiro atoms. The fraction of sp³-hybridized carbons (Fsp3) is 0.353. The SMILES string of the molecule is CC1(C)N([O])C(c2ccc(-n3cccc3)cc2)=[N+]([O-])C1(C)C. The first-order chi connectivity index (χ1) is 10.3. The van der Waals surface area contributed by atoms with Crippen molar-refractivity contribution in [1.82, 2.24) is 9.63 Å². The molecular formula is C17H20N3O2. The first-order valence-electron chi connectivity index (χ1n) is 7.32. The van der Waals surface area contributed by atoms with Crippen LogP contribution >= 0.6 is 0 Å². The van der Waals surface area contributed by atoms with Crippen molar-refractivity contribution in [2.75, 3.05) is 0 Å². The third kappa shape index (κ3) is 1.85. The van der Waals surface area contributed by atoms with E-state index in [1.54, 1.807) is 27.7 Å². The highest BCUT2D eigenvalue weighted by Gasteiger charge is 2.59. The van der Waals surface area contributed by atoms with Crippen LogP contribution in [0.2, 0.25) is 0 Å². The lowest BCUT2D eigenvalue weighted by Crippen LogP contribution is -2.53. The standard InChI is InChI=1S/C17H20N3O2/c1-16(2)17(3,4)20(22)15(19(16)21)13-7-9-14(10-8-13)18-11-5-6-12-18/h5-12H,1-4H3. The minimum absolute atomic E-state index is 0.175. The third-order valence-electron chi connectivity index (χ3n) is 4.93. The summed E-state index contributed by atoms with van der Waals surface area (Å²) in [5.74, 6) is 0.175. The van der Waals surface area contributed by atoms with E-state index in [1.165, 1.54) is 0 Å². The molecule has 3 rings (SSSR count). The average Bonchev–Trinajstić information content (AvgIpc) is 3.04. The lowest BCUT2D eigenvalue weighted by Gasteiger charge is -2.32. The summed E-state index contributed by atoms with van der Waals surface area (Å²) in [6, 6.07) is 11.3. The van der Waals surface area contributed by atoms with E-state index in [0.29, 0.717) is 5.56 Å². The van der Waals surface area contributed by atoms with E-state index >= 15 is 0 Å². The van der Waals surface area contributed by atoms with E-state index in [1.807, 2.05) is 53.4 Å². The maximum Gasteiger partial charge on any atom is 0.316 e. The van der Waals surface area contributed by atoms with Crippen LogP contribution in [0.25, 0.3) is 5.69 Å². The van der Waals surface area contributed by atoms with Gasteiger partial charge in [-0.25, -0.2) is 0 Å². The molecule has 0 aliphatic carbocycles. The van der Waals surface area contributed by atoms with Gasteiger partial charge in [-0.15, -0.1) is 0 Å². The predicted molar refractivity (Wildman–Crippen MR) is 84.2 cm³/mol. The molecule has 1 aromatic heterocycles. The van der Waals surface area contributed by atoms with Gasteiger partial charge in [-0.05, 0) is 64.1 Å².